The molecule has 0 aromatic heterocycles. The highest BCUT2D eigenvalue weighted by Crippen LogP contribution is 2.29. The van der Waals surface area contributed by atoms with E-state index < -0.39 is 0 Å². The number of aromatic hydroxyl groups is 1. The van der Waals surface area contributed by atoms with Crippen LogP contribution in [0, 0.1) is 0 Å². The molecule has 1 unspecified atom stereocenters. The number of phenols is 1. The van der Waals surface area contributed by atoms with E-state index in [0.29, 0.717) is 11.6 Å². The van der Waals surface area contributed by atoms with Crippen LogP contribution in [0.5, 0.6) is 5.75 Å². The van der Waals surface area contributed by atoms with Crippen molar-refractivity contribution in [1.29, 1.82) is 0 Å². The van der Waals surface area contributed by atoms with Gasteiger partial charge in [-0.1, -0.05) is 12.8 Å². The lowest BCUT2D eigenvalue weighted by atomic mass is 10.1. The van der Waals surface area contributed by atoms with Gasteiger partial charge in [0.2, 0.25) is 0 Å². The van der Waals surface area contributed by atoms with Gasteiger partial charge in [-0.15, -0.1) is 0 Å². The Hall–Kier alpha value is -1.51. The molecule has 1 atom stereocenters. The Labute approximate surface area is 108 Å². The summed E-state index contributed by atoms with van der Waals surface area (Å²) < 4.78 is 0. The first-order chi connectivity index (χ1) is 8.59. The average molecular weight is 247 g/mol. The number of ketones is 1. The molecule has 1 aliphatic rings. The summed E-state index contributed by atoms with van der Waals surface area (Å²) >= 11 is 0. The van der Waals surface area contributed by atoms with Gasteiger partial charge in [-0.3, -0.25) is 4.79 Å². The number of carbonyl (C=O) groups excluding carboxylic acids is 1. The fourth-order valence-electron chi connectivity index (χ4n) is 2.65. The van der Waals surface area contributed by atoms with Crippen molar-refractivity contribution in [3.8, 4) is 5.75 Å². The van der Waals surface area contributed by atoms with Gasteiger partial charge in [-0.05, 0) is 38.8 Å². The fraction of sp³-hybridized carbons (Fsp3) is 0.533. The van der Waals surface area contributed by atoms with E-state index >= 15 is 0 Å². The third-order valence-corrected chi connectivity index (χ3v) is 3.75. The normalized spacial score (nSPS) is 20.6. The van der Waals surface area contributed by atoms with Crippen LogP contribution in [0.15, 0.2) is 18.2 Å². The van der Waals surface area contributed by atoms with Gasteiger partial charge in [0.15, 0.2) is 5.78 Å². The van der Waals surface area contributed by atoms with Gasteiger partial charge in [-0.2, -0.15) is 0 Å². The Kier molecular flexibility index (Phi) is 3.90. The molecule has 0 amide bonds. The molecule has 0 spiro atoms. The minimum absolute atomic E-state index is 0.0939. The van der Waals surface area contributed by atoms with Crippen LogP contribution in [0.4, 0.5) is 5.69 Å². The molecule has 3 nitrogen and oxygen atoms in total. The van der Waals surface area contributed by atoms with E-state index in [1.54, 1.807) is 12.1 Å². The monoisotopic (exact) mass is 247 g/mol. The van der Waals surface area contributed by atoms with E-state index in [4.69, 9.17) is 0 Å². The van der Waals surface area contributed by atoms with E-state index in [2.05, 4.69) is 11.8 Å². The van der Waals surface area contributed by atoms with Crippen LogP contribution < -0.4 is 4.90 Å². The Bertz CT molecular complexity index is 442. The van der Waals surface area contributed by atoms with E-state index in [1.165, 1.54) is 32.6 Å². The predicted molar refractivity (Wildman–Crippen MR) is 73.4 cm³/mol. The maximum absolute atomic E-state index is 11.3. The van der Waals surface area contributed by atoms with Crippen LogP contribution in [0.25, 0.3) is 0 Å². The van der Waals surface area contributed by atoms with Crippen LogP contribution in [-0.4, -0.2) is 23.5 Å². The highest BCUT2D eigenvalue weighted by molar-refractivity contribution is 5.97. The first kappa shape index (κ1) is 12.9. The zero-order valence-corrected chi connectivity index (χ0v) is 11.1. The largest absolute Gasteiger partial charge is 0.507 e. The molecule has 1 saturated heterocycles. The van der Waals surface area contributed by atoms with Crippen molar-refractivity contribution in [2.24, 2.45) is 0 Å². The Morgan fingerprint density at radius 1 is 1.33 bits per heavy atom. The zero-order chi connectivity index (χ0) is 13.1. The summed E-state index contributed by atoms with van der Waals surface area (Å²) in [6, 6.07) is 5.89. The number of rotatable bonds is 2. The third kappa shape index (κ3) is 2.66. The summed E-state index contributed by atoms with van der Waals surface area (Å²) in [5, 5.41) is 9.90. The molecule has 98 valence electrons. The molecule has 1 N–H and O–H groups in total. The van der Waals surface area contributed by atoms with Crippen molar-refractivity contribution >= 4 is 11.5 Å². The van der Waals surface area contributed by atoms with Crippen LogP contribution in [0.3, 0.4) is 0 Å². The number of anilines is 1. The van der Waals surface area contributed by atoms with Gasteiger partial charge in [0.1, 0.15) is 5.75 Å². The number of carbonyl (C=O) groups is 1. The highest BCUT2D eigenvalue weighted by atomic mass is 16.3. The molecular weight excluding hydrogens is 226 g/mol. The molecule has 0 aliphatic carbocycles. The molecule has 1 aliphatic heterocycles. The molecule has 1 fully saturated rings. The van der Waals surface area contributed by atoms with Gasteiger partial charge in [0.05, 0.1) is 5.56 Å². The smallest absolute Gasteiger partial charge is 0.163 e. The molecule has 0 bridgehead atoms. The van der Waals surface area contributed by atoms with Gasteiger partial charge >= 0.3 is 0 Å². The number of benzene rings is 1. The van der Waals surface area contributed by atoms with Crippen molar-refractivity contribution in [2.45, 2.75) is 45.6 Å². The molecule has 0 saturated carbocycles. The highest BCUT2D eigenvalue weighted by Gasteiger charge is 2.18. The third-order valence-electron chi connectivity index (χ3n) is 3.75. The quantitative estimate of drug-likeness (QED) is 0.815. The Morgan fingerprint density at radius 3 is 2.78 bits per heavy atom. The van der Waals surface area contributed by atoms with Gasteiger partial charge in [0.25, 0.3) is 0 Å². The average Bonchev–Trinajstić information content (AvgIpc) is 2.53. The van der Waals surface area contributed by atoms with Crippen LogP contribution >= 0.6 is 0 Å². The molecular formula is C15H21NO2. The number of hydrogen-bond donors (Lipinski definition) is 1. The minimum atomic E-state index is -0.0945. The van der Waals surface area contributed by atoms with Gasteiger partial charge < -0.3 is 10.0 Å². The van der Waals surface area contributed by atoms with Crippen molar-refractivity contribution in [3.63, 3.8) is 0 Å². The summed E-state index contributed by atoms with van der Waals surface area (Å²) in [6.45, 7) is 4.73. The standard InChI is InChI=1S/C15H21NO2/c1-11-6-4-3-5-9-16(11)13-7-8-14(12(2)17)15(18)10-13/h7-8,10-11,18H,3-6,9H2,1-2H3. The Balaban J connectivity index is 2.27. The predicted octanol–water partition coefficient (Wildman–Crippen LogP) is 3.36. The molecule has 3 heteroatoms. The number of Topliss-reactive ketones (excluding diaryl/α,β-unsaturated/α-hetero) is 1. The van der Waals surface area contributed by atoms with Crippen LogP contribution in [0.2, 0.25) is 0 Å². The summed E-state index contributed by atoms with van der Waals surface area (Å²) in [5.74, 6) is -0.000545. The summed E-state index contributed by atoms with van der Waals surface area (Å²) in [4.78, 5) is 13.6. The first-order valence-electron chi connectivity index (χ1n) is 6.70. The van der Waals surface area contributed by atoms with Crippen LogP contribution in [-0.2, 0) is 0 Å². The molecule has 1 aromatic carbocycles. The Morgan fingerprint density at radius 2 is 2.11 bits per heavy atom. The lowest BCUT2D eigenvalue weighted by Crippen LogP contribution is -2.32. The van der Waals surface area contributed by atoms with Gasteiger partial charge in [0, 0.05) is 24.3 Å². The topological polar surface area (TPSA) is 40.5 Å². The summed E-state index contributed by atoms with van der Waals surface area (Å²) in [7, 11) is 0. The molecule has 1 aromatic rings. The fourth-order valence-corrected chi connectivity index (χ4v) is 2.65. The zero-order valence-electron chi connectivity index (χ0n) is 11.1. The minimum Gasteiger partial charge on any atom is -0.507 e. The summed E-state index contributed by atoms with van der Waals surface area (Å²) in [6.07, 6.45) is 4.93. The number of hydrogen-bond acceptors (Lipinski definition) is 3. The number of nitrogens with zero attached hydrogens (tertiary/aromatic N) is 1. The second kappa shape index (κ2) is 5.42. The second-order valence-corrected chi connectivity index (χ2v) is 5.15. The van der Waals surface area contributed by atoms with Crippen molar-refractivity contribution < 1.29 is 9.90 Å². The number of phenolic OH excluding ortho intramolecular Hbond substituents is 1. The molecule has 1 heterocycles. The van der Waals surface area contributed by atoms with Crippen molar-refractivity contribution in [1.82, 2.24) is 0 Å². The van der Waals surface area contributed by atoms with E-state index in [1.807, 2.05) is 6.07 Å². The second-order valence-electron chi connectivity index (χ2n) is 5.15. The molecule has 0 radical (unpaired) electrons. The van der Waals surface area contributed by atoms with Crippen LogP contribution in [0.1, 0.15) is 49.9 Å². The van der Waals surface area contributed by atoms with E-state index in [9.17, 15) is 9.90 Å². The van der Waals surface area contributed by atoms with Crippen molar-refractivity contribution in [2.75, 3.05) is 11.4 Å². The van der Waals surface area contributed by atoms with E-state index in [0.717, 1.165) is 12.2 Å². The SMILES string of the molecule is CC(=O)c1ccc(N2CCCCCC2C)cc1O. The first-order valence-corrected chi connectivity index (χ1v) is 6.70. The molecule has 18 heavy (non-hydrogen) atoms. The van der Waals surface area contributed by atoms with Crippen molar-refractivity contribution in [3.05, 3.63) is 23.8 Å². The maximum atomic E-state index is 11.3. The maximum Gasteiger partial charge on any atom is 0.163 e. The molecule has 2 rings (SSSR count). The lowest BCUT2D eigenvalue weighted by molar-refractivity contribution is 0.101. The van der Waals surface area contributed by atoms with Gasteiger partial charge in [-0.25, -0.2) is 0 Å². The lowest BCUT2D eigenvalue weighted by Gasteiger charge is -2.29. The summed E-state index contributed by atoms with van der Waals surface area (Å²) in [5.41, 5.74) is 1.42. The van der Waals surface area contributed by atoms with E-state index in [-0.39, 0.29) is 11.5 Å².